The van der Waals surface area contributed by atoms with E-state index in [4.69, 9.17) is 4.74 Å². The summed E-state index contributed by atoms with van der Waals surface area (Å²) in [6.07, 6.45) is 2.79. The average molecular weight is 237 g/mol. The minimum absolute atomic E-state index is 0.130. The third-order valence-electron chi connectivity index (χ3n) is 3.72. The molecule has 3 heteroatoms. The van der Waals surface area contributed by atoms with Gasteiger partial charge in [0.05, 0.1) is 5.60 Å². The van der Waals surface area contributed by atoms with Crippen LogP contribution in [0, 0.1) is 5.82 Å². The van der Waals surface area contributed by atoms with E-state index in [0.717, 1.165) is 25.0 Å². The number of halogens is 1. The van der Waals surface area contributed by atoms with Gasteiger partial charge in [0, 0.05) is 12.6 Å². The minimum Gasteiger partial charge on any atom is -0.374 e. The van der Waals surface area contributed by atoms with E-state index in [1.54, 1.807) is 6.07 Å². The topological polar surface area (TPSA) is 21.3 Å². The third-order valence-corrected chi connectivity index (χ3v) is 3.72. The van der Waals surface area contributed by atoms with E-state index in [-0.39, 0.29) is 17.5 Å². The summed E-state index contributed by atoms with van der Waals surface area (Å²) >= 11 is 0. The monoisotopic (exact) mass is 237 g/mol. The van der Waals surface area contributed by atoms with Crippen molar-refractivity contribution in [2.45, 2.75) is 37.8 Å². The Morgan fingerprint density at radius 1 is 1.47 bits per heavy atom. The molecular formula is C14H20FNO. The SMILES string of the molecule is CNC(Cc1ccccc1F)C1(C)CCCO1. The highest BCUT2D eigenvalue weighted by molar-refractivity contribution is 5.19. The van der Waals surface area contributed by atoms with Gasteiger partial charge in [0.2, 0.25) is 0 Å². The van der Waals surface area contributed by atoms with Crippen molar-refractivity contribution in [3.63, 3.8) is 0 Å². The molecule has 0 aromatic heterocycles. The Morgan fingerprint density at radius 3 is 2.82 bits per heavy atom. The first-order valence-electron chi connectivity index (χ1n) is 6.20. The fourth-order valence-corrected chi connectivity index (χ4v) is 2.58. The standard InChI is InChI=1S/C14H20FNO/c1-14(8-5-9-17-14)13(16-2)10-11-6-3-4-7-12(11)15/h3-4,6-7,13,16H,5,8-10H2,1-2H3. The first-order chi connectivity index (χ1) is 8.15. The van der Waals surface area contributed by atoms with E-state index in [1.807, 2.05) is 19.2 Å². The molecule has 0 radical (unpaired) electrons. The van der Waals surface area contributed by atoms with E-state index in [1.165, 1.54) is 6.07 Å². The number of hydrogen-bond acceptors (Lipinski definition) is 2. The van der Waals surface area contributed by atoms with Gasteiger partial charge in [-0.15, -0.1) is 0 Å². The number of likely N-dealkylation sites (N-methyl/N-ethyl adjacent to an activating group) is 1. The molecular weight excluding hydrogens is 217 g/mol. The fraction of sp³-hybridized carbons (Fsp3) is 0.571. The molecule has 1 aromatic rings. The molecule has 1 aromatic carbocycles. The van der Waals surface area contributed by atoms with E-state index >= 15 is 0 Å². The predicted molar refractivity (Wildman–Crippen MR) is 66.5 cm³/mol. The molecule has 17 heavy (non-hydrogen) atoms. The largest absolute Gasteiger partial charge is 0.374 e. The second-order valence-corrected chi connectivity index (χ2v) is 4.90. The zero-order valence-electron chi connectivity index (χ0n) is 10.5. The molecule has 94 valence electrons. The molecule has 1 fully saturated rings. The first kappa shape index (κ1) is 12.5. The fourth-order valence-electron chi connectivity index (χ4n) is 2.58. The second kappa shape index (κ2) is 5.15. The van der Waals surface area contributed by atoms with Crippen LogP contribution in [0.5, 0.6) is 0 Å². The van der Waals surface area contributed by atoms with Gasteiger partial charge in [-0.25, -0.2) is 4.39 Å². The number of benzene rings is 1. The maximum Gasteiger partial charge on any atom is 0.126 e. The molecule has 0 saturated carbocycles. The summed E-state index contributed by atoms with van der Waals surface area (Å²) in [4.78, 5) is 0. The van der Waals surface area contributed by atoms with Crippen LogP contribution in [-0.4, -0.2) is 25.3 Å². The van der Waals surface area contributed by atoms with E-state index in [2.05, 4.69) is 12.2 Å². The second-order valence-electron chi connectivity index (χ2n) is 4.90. The zero-order valence-corrected chi connectivity index (χ0v) is 10.5. The lowest BCUT2D eigenvalue weighted by Crippen LogP contribution is -2.48. The molecule has 2 atom stereocenters. The highest BCUT2D eigenvalue weighted by atomic mass is 19.1. The Hall–Kier alpha value is -0.930. The van der Waals surface area contributed by atoms with Gasteiger partial charge >= 0.3 is 0 Å². The highest BCUT2D eigenvalue weighted by Gasteiger charge is 2.37. The summed E-state index contributed by atoms with van der Waals surface area (Å²) in [7, 11) is 1.92. The molecule has 1 heterocycles. The molecule has 1 aliphatic heterocycles. The van der Waals surface area contributed by atoms with Gasteiger partial charge in [-0.1, -0.05) is 18.2 Å². The molecule has 0 amide bonds. The van der Waals surface area contributed by atoms with Crippen molar-refractivity contribution < 1.29 is 9.13 Å². The molecule has 2 rings (SSSR count). The van der Waals surface area contributed by atoms with E-state index in [9.17, 15) is 4.39 Å². The van der Waals surface area contributed by atoms with Crippen molar-refractivity contribution in [3.8, 4) is 0 Å². The van der Waals surface area contributed by atoms with Crippen molar-refractivity contribution in [1.29, 1.82) is 0 Å². The highest BCUT2D eigenvalue weighted by Crippen LogP contribution is 2.30. The maximum atomic E-state index is 13.6. The van der Waals surface area contributed by atoms with Crippen LogP contribution >= 0.6 is 0 Å². The van der Waals surface area contributed by atoms with Crippen molar-refractivity contribution in [3.05, 3.63) is 35.6 Å². The third kappa shape index (κ3) is 2.67. The normalized spacial score (nSPS) is 26.1. The summed E-state index contributed by atoms with van der Waals surface area (Å²) < 4.78 is 19.5. The predicted octanol–water partition coefficient (Wildman–Crippen LogP) is 2.53. The van der Waals surface area contributed by atoms with Gasteiger partial charge in [0.25, 0.3) is 0 Å². The van der Waals surface area contributed by atoms with Gasteiger partial charge in [-0.05, 0) is 44.9 Å². The van der Waals surface area contributed by atoms with Crippen LogP contribution in [0.4, 0.5) is 4.39 Å². The van der Waals surface area contributed by atoms with Gasteiger partial charge in [0.1, 0.15) is 5.82 Å². The van der Waals surface area contributed by atoms with Gasteiger partial charge in [-0.2, -0.15) is 0 Å². The molecule has 1 aliphatic rings. The van der Waals surface area contributed by atoms with Crippen molar-refractivity contribution >= 4 is 0 Å². The van der Waals surface area contributed by atoms with Crippen LogP contribution in [0.1, 0.15) is 25.3 Å². The summed E-state index contributed by atoms with van der Waals surface area (Å²) in [5, 5.41) is 3.27. The molecule has 0 spiro atoms. The van der Waals surface area contributed by atoms with Crippen molar-refractivity contribution in [1.82, 2.24) is 5.32 Å². The lowest BCUT2D eigenvalue weighted by Gasteiger charge is -2.33. The van der Waals surface area contributed by atoms with Gasteiger partial charge in [0.15, 0.2) is 0 Å². The van der Waals surface area contributed by atoms with Gasteiger partial charge < -0.3 is 10.1 Å². The molecule has 0 aliphatic carbocycles. The number of nitrogens with one attached hydrogen (secondary N) is 1. The molecule has 2 unspecified atom stereocenters. The van der Waals surface area contributed by atoms with E-state index in [0.29, 0.717) is 6.42 Å². The number of ether oxygens (including phenoxy) is 1. The summed E-state index contributed by atoms with van der Waals surface area (Å²) in [5.74, 6) is -0.130. The molecule has 0 bridgehead atoms. The number of rotatable bonds is 4. The Morgan fingerprint density at radius 2 is 2.24 bits per heavy atom. The Bertz CT molecular complexity index is 374. The first-order valence-corrected chi connectivity index (χ1v) is 6.20. The Balaban J connectivity index is 2.12. The van der Waals surface area contributed by atoms with Crippen molar-refractivity contribution in [2.24, 2.45) is 0 Å². The Labute approximate surface area is 102 Å². The maximum absolute atomic E-state index is 13.6. The van der Waals surface area contributed by atoms with Crippen LogP contribution in [-0.2, 0) is 11.2 Å². The van der Waals surface area contributed by atoms with Crippen LogP contribution < -0.4 is 5.32 Å². The zero-order chi connectivity index (χ0) is 12.3. The van der Waals surface area contributed by atoms with Crippen molar-refractivity contribution in [2.75, 3.05) is 13.7 Å². The molecule has 1 N–H and O–H groups in total. The summed E-state index contributed by atoms with van der Waals surface area (Å²) in [6.45, 7) is 2.92. The molecule has 2 nitrogen and oxygen atoms in total. The van der Waals surface area contributed by atoms with Crippen LogP contribution in [0.3, 0.4) is 0 Å². The number of hydrogen-bond donors (Lipinski definition) is 1. The lowest BCUT2D eigenvalue weighted by molar-refractivity contribution is -0.00960. The lowest BCUT2D eigenvalue weighted by atomic mass is 9.88. The smallest absolute Gasteiger partial charge is 0.126 e. The van der Waals surface area contributed by atoms with Gasteiger partial charge in [-0.3, -0.25) is 0 Å². The summed E-state index contributed by atoms with van der Waals surface area (Å²) in [6, 6.07) is 7.11. The quantitative estimate of drug-likeness (QED) is 0.869. The molecule has 1 saturated heterocycles. The van der Waals surface area contributed by atoms with E-state index < -0.39 is 0 Å². The average Bonchev–Trinajstić information content (AvgIpc) is 2.76. The van der Waals surface area contributed by atoms with Crippen LogP contribution in [0.2, 0.25) is 0 Å². The van der Waals surface area contributed by atoms with Crippen LogP contribution in [0.15, 0.2) is 24.3 Å². The summed E-state index contributed by atoms with van der Waals surface area (Å²) in [5.41, 5.74) is 0.584. The Kier molecular flexibility index (Phi) is 3.79. The minimum atomic E-state index is -0.170. The van der Waals surface area contributed by atoms with Crippen LogP contribution in [0.25, 0.3) is 0 Å².